The number of nitrogens with one attached hydrogen (secondary N) is 2. The first-order chi connectivity index (χ1) is 13.6. The number of benzene rings is 3. The first-order valence-electron chi connectivity index (χ1n) is 8.93. The number of nitrogens with zero attached hydrogens (tertiary/aromatic N) is 1. The Morgan fingerprint density at radius 3 is 2.29 bits per heavy atom. The van der Waals surface area contributed by atoms with Gasteiger partial charge in [0.1, 0.15) is 0 Å². The van der Waals surface area contributed by atoms with Gasteiger partial charge in [0.2, 0.25) is 0 Å². The van der Waals surface area contributed by atoms with Crippen LogP contribution in [0.5, 0.6) is 0 Å². The highest BCUT2D eigenvalue weighted by molar-refractivity contribution is 9.10. The first kappa shape index (κ1) is 18.3. The number of hydrogen-bond donors (Lipinski definition) is 2. The molecule has 0 radical (unpaired) electrons. The molecule has 0 bridgehead atoms. The maximum Gasteiger partial charge on any atom is 0.323 e. The summed E-state index contributed by atoms with van der Waals surface area (Å²) in [4.78, 5) is 26.9. The van der Waals surface area contributed by atoms with Gasteiger partial charge in [-0.3, -0.25) is 4.79 Å². The molecule has 3 amide bonds. The van der Waals surface area contributed by atoms with Crippen molar-refractivity contribution >= 4 is 44.9 Å². The Hall–Kier alpha value is -3.12. The zero-order chi connectivity index (χ0) is 19.5. The number of fused-ring (bicyclic) bond motifs is 1. The van der Waals surface area contributed by atoms with Crippen LogP contribution in [0.15, 0.2) is 77.3 Å². The van der Waals surface area contributed by atoms with E-state index >= 15 is 0 Å². The van der Waals surface area contributed by atoms with E-state index in [-0.39, 0.29) is 11.9 Å². The average Bonchev–Trinajstić information content (AvgIpc) is 3.13. The molecule has 0 aromatic heterocycles. The summed E-state index contributed by atoms with van der Waals surface area (Å²) >= 11 is 3.37. The quantitative estimate of drug-likeness (QED) is 0.586. The lowest BCUT2D eigenvalue weighted by Crippen LogP contribution is -2.29. The molecule has 1 heterocycles. The van der Waals surface area contributed by atoms with E-state index in [1.807, 2.05) is 72.8 Å². The summed E-state index contributed by atoms with van der Waals surface area (Å²) in [5, 5.41) is 5.63. The van der Waals surface area contributed by atoms with Crippen molar-refractivity contribution in [3.05, 3.63) is 88.4 Å². The number of halogens is 1. The van der Waals surface area contributed by atoms with Crippen molar-refractivity contribution in [2.24, 2.45) is 0 Å². The van der Waals surface area contributed by atoms with Gasteiger partial charge in [-0.25, -0.2) is 4.79 Å². The molecule has 0 unspecified atom stereocenters. The van der Waals surface area contributed by atoms with Gasteiger partial charge in [0.25, 0.3) is 5.91 Å². The summed E-state index contributed by atoms with van der Waals surface area (Å²) in [5.74, 6) is -0.0317. The van der Waals surface area contributed by atoms with E-state index in [0.29, 0.717) is 23.5 Å². The molecule has 1 aliphatic heterocycles. The summed E-state index contributed by atoms with van der Waals surface area (Å²) in [7, 11) is 0. The van der Waals surface area contributed by atoms with Crippen LogP contribution in [0.1, 0.15) is 15.9 Å². The molecule has 0 saturated heterocycles. The highest BCUT2D eigenvalue weighted by atomic mass is 79.9. The maximum atomic E-state index is 12.8. The Morgan fingerprint density at radius 2 is 1.54 bits per heavy atom. The number of carbonyl (C=O) groups is 2. The Kier molecular flexibility index (Phi) is 5.12. The molecule has 0 saturated carbocycles. The number of carbonyl (C=O) groups excluding carboxylic acids is 2. The van der Waals surface area contributed by atoms with E-state index in [2.05, 4.69) is 26.6 Å². The summed E-state index contributed by atoms with van der Waals surface area (Å²) in [6, 6.07) is 21.9. The maximum absolute atomic E-state index is 12.8. The predicted octanol–water partition coefficient (Wildman–Crippen LogP) is 5.30. The van der Waals surface area contributed by atoms with Gasteiger partial charge in [-0.2, -0.15) is 0 Å². The zero-order valence-electron chi connectivity index (χ0n) is 15.0. The second-order valence-corrected chi connectivity index (χ2v) is 7.42. The van der Waals surface area contributed by atoms with Gasteiger partial charge >= 0.3 is 6.03 Å². The molecule has 28 heavy (non-hydrogen) atoms. The molecule has 3 aromatic carbocycles. The van der Waals surface area contributed by atoms with Crippen LogP contribution in [-0.2, 0) is 6.42 Å². The Balaban J connectivity index is 1.49. The van der Waals surface area contributed by atoms with Gasteiger partial charge < -0.3 is 15.5 Å². The lowest BCUT2D eigenvalue weighted by Gasteiger charge is -2.18. The minimum atomic E-state index is -0.332. The third-order valence-electron chi connectivity index (χ3n) is 4.61. The lowest BCUT2D eigenvalue weighted by atomic mass is 10.1. The monoisotopic (exact) mass is 435 g/mol. The Labute approximate surface area is 171 Å². The predicted molar refractivity (Wildman–Crippen MR) is 115 cm³/mol. The number of urea groups is 1. The van der Waals surface area contributed by atoms with Crippen LogP contribution in [0.3, 0.4) is 0 Å². The first-order valence-corrected chi connectivity index (χ1v) is 9.73. The van der Waals surface area contributed by atoms with Crippen LogP contribution in [0.4, 0.5) is 21.9 Å². The second-order valence-electron chi connectivity index (χ2n) is 6.50. The third kappa shape index (κ3) is 3.92. The minimum absolute atomic E-state index is 0.0317. The van der Waals surface area contributed by atoms with E-state index in [1.165, 1.54) is 0 Å². The smallest absolute Gasteiger partial charge is 0.308 e. The molecule has 4 rings (SSSR count). The largest absolute Gasteiger partial charge is 0.323 e. The number of hydrogen-bond acceptors (Lipinski definition) is 2. The SMILES string of the molecule is O=C(Nc1ccc(Br)cc1)Nc1ccc2c(c1)N(C(=O)c1ccccc1)CC2. The fourth-order valence-corrected chi connectivity index (χ4v) is 3.50. The van der Waals surface area contributed by atoms with Crippen LogP contribution >= 0.6 is 15.9 Å². The molecule has 0 fully saturated rings. The van der Waals surface area contributed by atoms with Crippen molar-refractivity contribution < 1.29 is 9.59 Å². The van der Waals surface area contributed by atoms with E-state index in [9.17, 15) is 9.59 Å². The molecule has 1 aliphatic rings. The molecule has 140 valence electrons. The second kappa shape index (κ2) is 7.86. The normalized spacial score (nSPS) is 12.4. The summed E-state index contributed by atoms with van der Waals surface area (Å²) in [6.07, 6.45) is 0.805. The van der Waals surface area contributed by atoms with Crippen molar-refractivity contribution in [2.75, 3.05) is 22.1 Å². The summed E-state index contributed by atoms with van der Waals surface area (Å²) < 4.78 is 0.945. The standard InChI is InChI=1S/C22H18BrN3O2/c23-17-7-10-18(11-8-17)24-22(28)25-19-9-6-15-12-13-26(20(15)14-19)21(27)16-4-2-1-3-5-16/h1-11,14H,12-13H2,(H2,24,25,28). The van der Waals surface area contributed by atoms with Crippen molar-refractivity contribution in [3.63, 3.8) is 0 Å². The molecular weight excluding hydrogens is 418 g/mol. The molecule has 5 nitrogen and oxygen atoms in total. The van der Waals surface area contributed by atoms with Crippen LogP contribution < -0.4 is 15.5 Å². The van der Waals surface area contributed by atoms with Crippen molar-refractivity contribution in [3.8, 4) is 0 Å². The molecular formula is C22H18BrN3O2. The topological polar surface area (TPSA) is 61.4 Å². The summed E-state index contributed by atoms with van der Waals surface area (Å²) in [6.45, 7) is 0.637. The van der Waals surface area contributed by atoms with Gasteiger partial charge in [-0.15, -0.1) is 0 Å². The molecule has 0 spiro atoms. The highest BCUT2D eigenvalue weighted by Gasteiger charge is 2.25. The lowest BCUT2D eigenvalue weighted by molar-refractivity contribution is 0.0989. The summed E-state index contributed by atoms with van der Waals surface area (Å²) in [5.41, 5.74) is 3.93. The van der Waals surface area contributed by atoms with E-state index in [4.69, 9.17) is 0 Å². The average molecular weight is 436 g/mol. The van der Waals surface area contributed by atoms with Crippen molar-refractivity contribution in [1.29, 1.82) is 0 Å². The zero-order valence-corrected chi connectivity index (χ0v) is 16.6. The highest BCUT2D eigenvalue weighted by Crippen LogP contribution is 2.32. The molecule has 2 N–H and O–H groups in total. The Morgan fingerprint density at radius 1 is 0.857 bits per heavy atom. The van der Waals surface area contributed by atoms with Gasteiger partial charge in [-0.1, -0.05) is 40.2 Å². The number of anilines is 3. The van der Waals surface area contributed by atoms with E-state index in [1.54, 1.807) is 4.90 Å². The number of rotatable bonds is 3. The molecule has 3 aromatic rings. The van der Waals surface area contributed by atoms with Gasteiger partial charge in [0.15, 0.2) is 0 Å². The molecule has 0 aliphatic carbocycles. The van der Waals surface area contributed by atoms with Gasteiger partial charge in [0, 0.05) is 33.6 Å². The number of amides is 3. The van der Waals surface area contributed by atoms with Crippen LogP contribution in [0, 0.1) is 0 Å². The van der Waals surface area contributed by atoms with E-state index < -0.39 is 0 Å². The fourth-order valence-electron chi connectivity index (χ4n) is 3.23. The Bertz CT molecular complexity index is 1020. The fraction of sp³-hybridized carbons (Fsp3) is 0.0909. The molecule has 6 heteroatoms. The third-order valence-corrected chi connectivity index (χ3v) is 5.14. The van der Waals surface area contributed by atoms with Crippen molar-refractivity contribution in [1.82, 2.24) is 0 Å². The van der Waals surface area contributed by atoms with Gasteiger partial charge in [-0.05, 0) is 60.5 Å². The van der Waals surface area contributed by atoms with Gasteiger partial charge in [0.05, 0.1) is 0 Å². The van der Waals surface area contributed by atoms with Crippen LogP contribution in [0.25, 0.3) is 0 Å². The van der Waals surface area contributed by atoms with Crippen LogP contribution in [0.2, 0.25) is 0 Å². The minimum Gasteiger partial charge on any atom is -0.308 e. The van der Waals surface area contributed by atoms with E-state index in [0.717, 1.165) is 22.1 Å². The molecule has 0 atom stereocenters. The van der Waals surface area contributed by atoms with Crippen LogP contribution in [-0.4, -0.2) is 18.5 Å². The van der Waals surface area contributed by atoms with Crippen molar-refractivity contribution in [2.45, 2.75) is 6.42 Å².